The van der Waals surface area contributed by atoms with E-state index in [0.29, 0.717) is 12.4 Å². The lowest BCUT2D eigenvalue weighted by Gasteiger charge is -2.22. The van der Waals surface area contributed by atoms with Gasteiger partial charge < -0.3 is 10.1 Å². The molecule has 0 aliphatic heterocycles. The van der Waals surface area contributed by atoms with Crippen molar-refractivity contribution in [2.75, 3.05) is 0 Å². The van der Waals surface area contributed by atoms with Crippen molar-refractivity contribution in [1.29, 1.82) is 0 Å². The minimum Gasteiger partial charge on any atom is -0.474 e. The predicted molar refractivity (Wildman–Crippen MR) is 73.7 cm³/mol. The smallest absolute Gasteiger partial charge is 0.218 e. The summed E-state index contributed by atoms with van der Waals surface area (Å²) >= 11 is 0. The number of rotatable bonds is 4. The van der Waals surface area contributed by atoms with Crippen LogP contribution in [-0.2, 0) is 6.54 Å². The van der Waals surface area contributed by atoms with Gasteiger partial charge in [-0.2, -0.15) is 0 Å². The first kappa shape index (κ1) is 14.3. The molecule has 0 radical (unpaired) electrons. The molecule has 1 fully saturated rings. The molecular formula is C15H23FN2O. The normalized spacial score (nSPS) is 16.8. The zero-order valence-corrected chi connectivity index (χ0v) is 12.0. The second kappa shape index (κ2) is 5.87. The van der Waals surface area contributed by atoms with E-state index in [-0.39, 0.29) is 17.5 Å². The van der Waals surface area contributed by atoms with Crippen LogP contribution in [0.15, 0.2) is 12.3 Å². The van der Waals surface area contributed by atoms with Gasteiger partial charge in [-0.3, -0.25) is 0 Å². The average Bonchev–Trinajstić information content (AvgIpc) is 2.81. The van der Waals surface area contributed by atoms with Crippen LogP contribution in [0, 0.1) is 5.82 Å². The third-order valence-electron chi connectivity index (χ3n) is 3.28. The Hall–Kier alpha value is -1.16. The van der Waals surface area contributed by atoms with Crippen molar-refractivity contribution in [3.63, 3.8) is 0 Å². The van der Waals surface area contributed by atoms with Gasteiger partial charge >= 0.3 is 0 Å². The van der Waals surface area contributed by atoms with Crippen molar-refractivity contribution in [3.05, 3.63) is 23.6 Å². The monoisotopic (exact) mass is 266 g/mol. The maximum absolute atomic E-state index is 13.3. The molecule has 2 rings (SSSR count). The van der Waals surface area contributed by atoms with E-state index in [1.165, 1.54) is 25.1 Å². The number of nitrogens with one attached hydrogen (secondary N) is 1. The predicted octanol–water partition coefficient (Wildman–Crippen LogP) is 3.43. The zero-order valence-electron chi connectivity index (χ0n) is 12.0. The van der Waals surface area contributed by atoms with Gasteiger partial charge in [-0.15, -0.1) is 0 Å². The second-order valence-electron chi connectivity index (χ2n) is 6.25. The maximum atomic E-state index is 13.3. The summed E-state index contributed by atoms with van der Waals surface area (Å²) < 4.78 is 19.2. The molecule has 0 aromatic carbocycles. The van der Waals surface area contributed by atoms with E-state index in [2.05, 4.69) is 31.1 Å². The molecule has 1 heterocycles. The Morgan fingerprint density at radius 2 is 2.05 bits per heavy atom. The lowest BCUT2D eigenvalue weighted by molar-refractivity contribution is 0.198. The summed E-state index contributed by atoms with van der Waals surface area (Å²) in [5.41, 5.74) is 0.776. The molecule has 106 valence electrons. The number of ether oxygens (including phenoxy) is 1. The van der Waals surface area contributed by atoms with Crippen LogP contribution in [-0.4, -0.2) is 16.6 Å². The third-order valence-corrected chi connectivity index (χ3v) is 3.28. The molecule has 19 heavy (non-hydrogen) atoms. The molecule has 0 amide bonds. The van der Waals surface area contributed by atoms with Crippen molar-refractivity contribution in [3.8, 4) is 5.88 Å². The van der Waals surface area contributed by atoms with Gasteiger partial charge in [0.25, 0.3) is 0 Å². The van der Waals surface area contributed by atoms with Crippen LogP contribution in [0.5, 0.6) is 5.88 Å². The van der Waals surface area contributed by atoms with Crippen molar-refractivity contribution in [2.45, 2.75) is 64.6 Å². The van der Waals surface area contributed by atoms with E-state index < -0.39 is 0 Å². The Bertz CT molecular complexity index is 423. The fourth-order valence-corrected chi connectivity index (χ4v) is 2.23. The molecule has 1 saturated carbocycles. The maximum Gasteiger partial charge on any atom is 0.218 e. The molecule has 1 aliphatic carbocycles. The van der Waals surface area contributed by atoms with Crippen LogP contribution < -0.4 is 10.1 Å². The Kier molecular flexibility index (Phi) is 4.40. The Morgan fingerprint density at radius 1 is 1.37 bits per heavy atom. The summed E-state index contributed by atoms with van der Waals surface area (Å²) in [6.07, 6.45) is 6.04. The van der Waals surface area contributed by atoms with E-state index >= 15 is 0 Å². The average molecular weight is 266 g/mol. The van der Waals surface area contributed by atoms with Crippen LogP contribution in [0.2, 0.25) is 0 Å². The van der Waals surface area contributed by atoms with Crippen molar-refractivity contribution in [1.82, 2.24) is 10.3 Å². The van der Waals surface area contributed by atoms with Gasteiger partial charge in [0.1, 0.15) is 11.9 Å². The third kappa shape index (κ3) is 4.46. The quantitative estimate of drug-likeness (QED) is 0.906. The molecule has 0 saturated heterocycles. The number of hydrogen-bond acceptors (Lipinski definition) is 3. The SMILES string of the molecule is CC(C)(C)NCc1cc(F)cnc1OC1CCCC1. The Balaban J connectivity index is 2.08. The first-order valence-electron chi connectivity index (χ1n) is 7.00. The van der Waals surface area contributed by atoms with Gasteiger partial charge in [0, 0.05) is 17.6 Å². The molecule has 0 spiro atoms. The van der Waals surface area contributed by atoms with Gasteiger partial charge in [-0.1, -0.05) is 0 Å². The summed E-state index contributed by atoms with van der Waals surface area (Å²) in [6, 6.07) is 1.51. The van der Waals surface area contributed by atoms with E-state index in [1.54, 1.807) is 0 Å². The summed E-state index contributed by atoms with van der Waals surface area (Å²) in [6.45, 7) is 6.81. The highest BCUT2D eigenvalue weighted by Gasteiger charge is 2.19. The van der Waals surface area contributed by atoms with Gasteiger partial charge in [-0.25, -0.2) is 9.37 Å². The first-order valence-corrected chi connectivity index (χ1v) is 7.00. The Morgan fingerprint density at radius 3 is 2.68 bits per heavy atom. The number of pyridine rings is 1. The summed E-state index contributed by atoms with van der Waals surface area (Å²) in [5.74, 6) is 0.259. The molecule has 1 aromatic rings. The van der Waals surface area contributed by atoms with Crippen LogP contribution >= 0.6 is 0 Å². The van der Waals surface area contributed by atoms with E-state index in [9.17, 15) is 4.39 Å². The standard InChI is InChI=1S/C15H23FN2O/c1-15(2,3)18-9-11-8-12(16)10-17-14(11)19-13-6-4-5-7-13/h8,10,13,18H,4-7,9H2,1-3H3. The number of hydrogen-bond donors (Lipinski definition) is 1. The molecule has 3 nitrogen and oxygen atoms in total. The summed E-state index contributed by atoms with van der Waals surface area (Å²) in [7, 11) is 0. The first-order chi connectivity index (χ1) is 8.94. The highest BCUT2D eigenvalue weighted by Crippen LogP contribution is 2.25. The topological polar surface area (TPSA) is 34.2 Å². The number of halogens is 1. The van der Waals surface area contributed by atoms with E-state index in [4.69, 9.17) is 4.74 Å². The van der Waals surface area contributed by atoms with Crippen LogP contribution in [0.3, 0.4) is 0 Å². The molecule has 1 aromatic heterocycles. The fraction of sp³-hybridized carbons (Fsp3) is 0.667. The molecule has 4 heteroatoms. The van der Waals surface area contributed by atoms with Crippen molar-refractivity contribution >= 4 is 0 Å². The molecular weight excluding hydrogens is 243 g/mol. The number of nitrogens with zero attached hydrogens (tertiary/aromatic N) is 1. The van der Waals surface area contributed by atoms with Crippen LogP contribution in [0.4, 0.5) is 4.39 Å². The molecule has 1 aliphatic rings. The summed E-state index contributed by atoms with van der Waals surface area (Å²) in [4.78, 5) is 4.11. The number of aromatic nitrogens is 1. The van der Waals surface area contributed by atoms with Gasteiger partial charge in [0.05, 0.1) is 6.20 Å². The van der Waals surface area contributed by atoms with Crippen molar-refractivity contribution < 1.29 is 9.13 Å². The second-order valence-corrected chi connectivity index (χ2v) is 6.25. The van der Waals surface area contributed by atoms with Gasteiger partial charge in [-0.05, 0) is 52.5 Å². The van der Waals surface area contributed by atoms with Crippen molar-refractivity contribution in [2.24, 2.45) is 0 Å². The fourth-order valence-electron chi connectivity index (χ4n) is 2.23. The highest BCUT2D eigenvalue weighted by molar-refractivity contribution is 5.26. The van der Waals surface area contributed by atoms with E-state index in [0.717, 1.165) is 18.4 Å². The largest absolute Gasteiger partial charge is 0.474 e. The van der Waals surface area contributed by atoms with Gasteiger partial charge in [0.2, 0.25) is 5.88 Å². The molecule has 1 N–H and O–H groups in total. The lowest BCUT2D eigenvalue weighted by atomic mass is 10.1. The molecule has 0 unspecified atom stereocenters. The van der Waals surface area contributed by atoms with Gasteiger partial charge in [0.15, 0.2) is 0 Å². The van der Waals surface area contributed by atoms with Crippen LogP contribution in [0.1, 0.15) is 52.0 Å². The minimum absolute atomic E-state index is 0.0169. The molecule has 0 atom stereocenters. The van der Waals surface area contributed by atoms with Crippen LogP contribution in [0.25, 0.3) is 0 Å². The summed E-state index contributed by atoms with van der Waals surface area (Å²) in [5, 5.41) is 3.34. The lowest BCUT2D eigenvalue weighted by Crippen LogP contribution is -2.35. The minimum atomic E-state index is -0.315. The zero-order chi connectivity index (χ0) is 13.9. The highest BCUT2D eigenvalue weighted by atomic mass is 19.1. The van der Waals surface area contributed by atoms with E-state index in [1.807, 2.05) is 0 Å². The Labute approximate surface area is 114 Å². The molecule has 0 bridgehead atoms.